The fourth-order valence-electron chi connectivity index (χ4n) is 2.84. The van der Waals surface area contributed by atoms with Gasteiger partial charge in [0.25, 0.3) is 0 Å². The van der Waals surface area contributed by atoms with Crippen molar-refractivity contribution in [2.24, 2.45) is 0 Å². The number of aliphatic hydroxyl groups is 1. The van der Waals surface area contributed by atoms with E-state index in [9.17, 15) is 0 Å². The summed E-state index contributed by atoms with van der Waals surface area (Å²) in [5.41, 5.74) is 2.89. The van der Waals surface area contributed by atoms with Crippen molar-refractivity contribution < 1.29 is 5.11 Å². The van der Waals surface area contributed by atoms with E-state index in [4.69, 9.17) is 11.5 Å². The topological polar surface area (TPSA) is 23.5 Å². The minimum Gasteiger partial charge on any atom is -0.396 e. The lowest BCUT2D eigenvalue weighted by molar-refractivity contribution is 0.178. The summed E-state index contributed by atoms with van der Waals surface area (Å²) in [6, 6.07) is 9.10. The first-order chi connectivity index (χ1) is 8.86. The van der Waals surface area contributed by atoms with E-state index in [1.807, 2.05) is 0 Å². The minimum absolute atomic E-state index is 0.232. The van der Waals surface area contributed by atoms with E-state index in [-0.39, 0.29) is 6.61 Å². The van der Waals surface area contributed by atoms with Crippen LogP contribution in [0.15, 0.2) is 24.3 Å². The number of nitrogens with zero attached hydrogens (tertiary/aromatic N) is 1. The molecule has 2 rings (SSSR count). The monoisotopic (exact) mass is 243 g/mol. The van der Waals surface area contributed by atoms with Gasteiger partial charge < -0.3 is 5.11 Å². The molecule has 2 nitrogen and oxygen atoms in total. The van der Waals surface area contributed by atoms with Crippen LogP contribution >= 0.6 is 0 Å². The van der Waals surface area contributed by atoms with Gasteiger partial charge in [-0.25, -0.2) is 0 Å². The van der Waals surface area contributed by atoms with Crippen molar-refractivity contribution in [1.82, 2.24) is 4.90 Å². The van der Waals surface area contributed by atoms with Crippen LogP contribution < -0.4 is 0 Å². The summed E-state index contributed by atoms with van der Waals surface area (Å²) in [5.74, 6) is 2.75. The van der Waals surface area contributed by atoms with E-state index in [1.165, 1.54) is 30.4 Å². The Morgan fingerprint density at radius 2 is 2.22 bits per heavy atom. The number of hydrogen-bond donors (Lipinski definition) is 1. The third-order valence-electron chi connectivity index (χ3n) is 3.68. The molecule has 0 aromatic heterocycles. The molecule has 0 fully saturated rings. The Balaban J connectivity index is 2.18. The molecule has 2 heteroatoms. The van der Waals surface area contributed by atoms with Crippen LogP contribution in [0.2, 0.25) is 0 Å². The van der Waals surface area contributed by atoms with Crippen LogP contribution in [0.4, 0.5) is 0 Å². The maximum absolute atomic E-state index is 9.00. The van der Waals surface area contributed by atoms with Crippen molar-refractivity contribution in [2.45, 2.75) is 31.7 Å². The van der Waals surface area contributed by atoms with Crippen LogP contribution in [0.5, 0.6) is 0 Å². The highest BCUT2D eigenvalue weighted by atomic mass is 16.3. The second-order valence-corrected chi connectivity index (χ2v) is 4.86. The second kappa shape index (κ2) is 6.58. The molecule has 1 aromatic carbocycles. The summed E-state index contributed by atoms with van der Waals surface area (Å²) in [7, 11) is 0. The van der Waals surface area contributed by atoms with Crippen LogP contribution in [0.1, 0.15) is 36.4 Å². The molecule has 1 aliphatic rings. The van der Waals surface area contributed by atoms with E-state index >= 15 is 0 Å². The van der Waals surface area contributed by atoms with Gasteiger partial charge in [-0.3, -0.25) is 4.90 Å². The summed E-state index contributed by atoms with van der Waals surface area (Å²) in [6.07, 6.45) is 9.84. The number of terminal acetylenes is 1. The molecule has 1 aliphatic carbocycles. The van der Waals surface area contributed by atoms with Gasteiger partial charge in [-0.15, -0.1) is 6.42 Å². The standard InChI is InChI=1S/C16H21NO/c1-2-11-17(12-6-13-18)16-10-5-8-14-7-3-4-9-15(14)16/h1,3-4,7,9,16,18H,5-6,8,10-13H2. The maximum Gasteiger partial charge on any atom is 0.0604 e. The number of benzene rings is 1. The molecule has 1 unspecified atom stereocenters. The van der Waals surface area contributed by atoms with Crippen LogP contribution in [-0.4, -0.2) is 29.7 Å². The zero-order valence-corrected chi connectivity index (χ0v) is 10.8. The number of rotatable bonds is 5. The largest absolute Gasteiger partial charge is 0.396 e. The normalized spacial score (nSPS) is 18.4. The smallest absolute Gasteiger partial charge is 0.0604 e. The maximum atomic E-state index is 9.00. The van der Waals surface area contributed by atoms with Crippen LogP contribution in [-0.2, 0) is 6.42 Å². The second-order valence-electron chi connectivity index (χ2n) is 4.86. The van der Waals surface area contributed by atoms with Gasteiger partial charge in [-0.1, -0.05) is 30.2 Å². The highest BCUT2D eigenvalue weighted by Gasteiger charge is 2.24. The first kappa shape index (κ1) is 13.1. The molecule has 0 aliphatic heterocycles. The Kier molecular flexibility index (Phi) is 4.81. The molecule has 1 atom stereocenters. The summed E-state index contributed by atoms with van der Waals surface area (Å²) in [4.78, 5) is 2.33. The Hall–Kier alpha value is -1.30. The molecule has 0 saturated carbocycles. The average molecular weight is 243 g/mol. The van der Waals surface area contributed by atoms with Crippen LogP contribution in [0, 0.1) is 12.3 Å². The number of aliphatic hydroxyl groups excluding tert-OH is 1. The summed E-state index contributed by atoms with van der Waals surface area (Å²) >= 11 is 0. The first-order valence-corrected chi connectivity index (χ1v) is 6.73. The van der Waals surface area contributed by atoms with E-state index in [1.54, 1.807) is 0 Å². The van der Waals surface area contributed by atoms with Crippen molar-refractivity contribution in [2.75, 3.05) is 19.7 Å². The van der Waals surface area contributed by atoms with Gasteiger partial charge in [0.1, 0.15) is 0 Å². The van der Waals surface area contributed by atoms with E-state index in [0.29, 0.717) is 12.6 Å². The van der Waals surface area contributed by atoms with E-state index in [2.05, 4.69) is 35.1 Å². The quantitative estimate of drug-likeness (QED) is 0.803. The predicted octanol–water partition coefficient (Wildman–Crippen LogP) is 2.38. The fourth-order valence-corrected chi connectivity index (χ4v) is 2.84. The van der Waals surface area contributed by atoms with Gasteiger partial charge in [0.15, 0.2) is 0 Å². The number of fused-ring (bicyclic) bond motifs is 1. The zero-order valence-electron chi connectivity index (χ0n) is 10.8. The lowest BCUT2D eigenvalue weighted by Crippen LogP contribution is -2.33. The van der Waals surface area contributed by atoms with Crippen molar-refractivity contribution in [3.05, 3.63) is 35.4 Å². The molecule has 1 N–H and O–H groups in total. The molecule has 0 amide bonds. The molecule has 0 heterocycles. The summed E-state index contributed by atoms with van der Waals surface area (Å²) in [5, 5.41) is 9.00. The Morgan fingerprint density at radius 3 is 3.00 bits per heavy atom. The van der Waals surface area contributed by atoms with Gasteiger partial charge in [0.05, 0.1) is 6.54 Å². The Labute approximate surface area is 110 Å². The summed E-state index contributed by atoms with van der Waals surface area (Å²) < 4.78 is 0. The van der Waals surface area contributed by atoms with Crippen LogP contribution in [0.25, 0.3) is 0 Å². The van der Waals surface area contributed by atoms with Crippen molar-refractivity contribution >= 4 is 0 Å². The van der Waals surface area contributed by atoms with Gasteiger partial charge in [-0.2, -0.15) is 0 Å². The predicted molar refractivity (Wildman–Crippen MR) is 74.2 cm³/mol. The first-order valence-electron chi connectivity index (χ1n) is 6.73. The van der Waals surface area contributed by atoms with Gasteiger partial charge in [0, 0.05) is 19.2 Å². The average Bonchev–Trinajstić information content (AvgIpc) is 2.43. The van der Waals surface area contributed by atoms with E-state index in [0.717, 1.165) is 13.0 Å². The molecular formula is C16H21NO. The third kappa shape index (κ3) is 2.93. The SMILES string of the molecule is C#CCN(CCCO)C1CCCc2ccccc21. The number of hydrogen-bond acceptors (Lipinski definition) is 2. The van der Waals surface area contributed by atoms with Gasteiger partial charge in [-0.05, 0) is 36.8 Å². The highest BCUT2D eigenvalue weighted by Crippen LogP contribution is 2.33. The molecular weight excluding hydrogens is 222 g/mol. The highest BCUT2D eigenvalue weighted by molar-refractivity contribution is 5.32. The van der Waals surface area contributed by atoms with Gasteiger partial charge in [0.2, 0.25) is 0 Å². The summed E-state index contributed by atoms with van der Waals surface area (Å²) in [6.45, 7) is 1.77. The molecule has 1 aromatic rings. The van der Waals surface area contributed by atoms with Crippen LogP contribution in [0.3, 0.4) is 0 Å². The Bertz CT molecular complexity index is 421. The van der Waals surface area contributed by atoms with Crippen molar-refractivity contribution in [3.63, 3.8) is 0 Å². The van der Waals surface area contributed by atoms with E-state index < -0.39 is 0 Å². The van der Waals surface area contributed by atoms with Crippen molar-refractivity contribution in [1.29, 1.82) is 0 Å². The lowest BCUT2D eigenvalue weighted by atomic mass is 9.86. The number of aryl methyl sites for hydroxylation is 1. The molecule has 0 bridgehead atoms. The molecule has 0 saturated heterocycles. The van der Waals surface area contributed by atoms with Crippen molar-refractivity contribution in [3.8, 4) is 12.3 Å². The third-order valence-corrected chi connectivity index (χ3v) is 3.68. The minimum atomic E-state index is 0.232. The zero-order chi connectivity index (χ0) is 12.8. The Morgan fingerprint density at radius 1 is 1.39 bits per heavy atom. The fraction of sp³-hybridized carbons (Fsp3) is 0.500. The van der Waals surface area contributed by atoms with Gasteiger partial charge >= 0.3 is 0 Å². The molecule has 0 spiro atoms. The molecule has 96 valence electrons. The molecule has 18 heavy (non-hydrogen) atoms. The molecule has 0 radical (unpaired) electrons. The lowest BCUT2D eigenvalue weighted by Gasteiger charge is -2.34.